The summed E-state index contributed by atoms with van der Waals surface area (Å²) in [7, 11) is 0. The summed E-state index contributed by atoms with van der Waals surface area (Å²) in [5.74, 6) is 0.955. The predicted octanol–water partition coefficient (Wildman–Crippen LogP) is 2.02. The summed E-state index contributed by atoms with van der Waals surface area (Å²) in [6.45, 7) is 2.51. The zero-order valence-electron chi connectivity index (χ0n) is 8.79. The van der Waals surface area contributed by atoms with Gasteiger partial charge in [0.1, 0.15) is 5.82 Å². The predicted molar refractivity (Wildman–Crippen MR) is 62.9 cm³/mol. The Bertz CT molecular complexity index is 417. The van der Waals surface area contributed by atoms with Gasteiger partial charge in [0, 0.05) is 11.4 Å². The molecule has 0 spiro atoms. The second-order valence-corrected chi connectivity index (χ2v) is 4.56. The molecule has 2 heterocycles. The van der Waals surface area contributed by atoms with Crippen molar-refractivity contribution in [3.8, 4) is 0 Å². The zero-order chi connectivity index (χ0) is 10.7. The summed E-state index contributed by atoms with van der Waals surface area (Å²) in [5, 5.41) is 2.11. The van der Waals surface area contributed by atoms with Gasteiger partial charge in [-0.25, -0.2) is 4.98 Å². The van der Waals surface area contributed by atoms with E-state index in [9.17, 15) is 0 Å². The molecule has 0 aromatic carbocycles. The molecule has 2 aromatic heterocycles. The van der Waals surface area contributed by atoms with Crippen LogP contribution in [0.5, 0.6) is 0 Å². The van der Waals surface area contributed by atoms with Crippen molar-refractivity contribution in [2.24, 2.45) is 5.73 Å². The number of H-pyrrole nitrogens is 1. The van der Waals surface area contributed by atoms with E-state index in [1.54, 1.807) is 11.3 Å². The average Bonchev–Trinajstić information content (AvgIpc) is 2.83. The normalized spacial score (nSPS) is 10.8. The lowest BCUT2D eigenvalue weighted by atomic mass is 10.2. The molecular formula is C11H15N3S. The molecular weight excluding hydrogens is 206 g/mol. The van der Waals surface area contributed by atoms with Crippen molar-refractivity contribution in [1.82, 2.24) is 9.97 Å². The van der Waals surface area contributed by atoms with Crippen LogP contribution in [0.15, 0.2) is 17.5 Å². The van der Waals surface area contributed by atoms with Crippen molar-refractivity contribution in [3.63, 3.8) is 0 Å². The van der Waals surface area contributed by atoms with Gasteiger partial charge in [0.2, 0.25) is 0 Å². The number of nitrogens with two attached hydrogens (primary N) is 1. The number of aromatic nitrogens is 2. The SMILES string of the molecule is Cc1nc(CCc2cccs2)c(CN)[nH]1. The van der Waals surface area contributed by atoms with Crippen molar-refractivity contribution in [2.45, 2.75) is 26.3 Å². The van der Waals surface area contributed by atoms with E-state index in [0.717, 1.165) is 30.1 Å². The quantitative estimate of drug-likeness (QED) is 0.830. The Balaban J connectivity index is 2.04. The third-order valence-electron chi connectivity index (χ3n) is 2.38. The third kappa shape index (κ3) is 2.46. The molecule has 0 atom stereocenters. The molecule has 3 N–H and O–H groups in total. The first-order valence-corrected chi connectivity index (χ1v) is 5.94. The lowest BCUT2D eigenvalue weighted by Gasteiger charge is -1.98. The van der Waals surface area contributed by atoms with Gasteiger partial charge in [-0.3, -0.25) is 0 Å². The molecule has 0 saturated carbocycles. The molecule has 0 amide bonds. The minimum absolute atomic E-state index is 0.542. The van der Waals surface area contributed by atoms with Crippen LogP contribution in [0.3, 0.4) is 0 Å². The van der Waals surface area contributed by atoms with Gasteiger partial charge in [-0.15, -0.1) is 11.3 Å². The number of rotatable bonds is 4. The van der Waals surface area contributed by atoms with Gasteiger partial charge in [0.05, 0.1) is 11.4 Å². The summed E-state index contributed by atoms with van der Waals surface area (Å²) in [5.41, 5.74) is 7.83. The smallest absolute Gasteiger partial charge is 0.103 e. The molecule has 0 fully saturated rings. The Morgan fingerprint density at radius 1 is 1.47 bits per heavy atom. The van der Waals surface area contributed by atoms with Gasteiger partial charge in [-0.1, -0.05) is 6.07 Å². The Morgan fingerprint density at radius 3 is 3.00 bits per heavy atom. The van der Waals surface area contributed by atoms with E-state index in [2.05, 4.69) is 27.5 Å². The van der Waals surface area contributed by atoms with Crippen LogP contribution in [0, 0.1) is 6.92 Å². The summed E-state index contributed by atoms with van der Waals surface area (Å²) in [6, 6.07) is 4.24. The molecule has 80 valence electrons. The molecule has 0 aliphatic carbocycles. The van der Waals surface area contributed by atoms with Crippen LogP contribution < -0.4 is 5.73 Å². The summed E-state index contributed by atoms with van der Waals surface area (Å²) < 4.78 is 0. The van der Waals surface area contributed by atoms with Crippen LogP contribution in [0.1, 0.15) is 22.1 Å². The third-order valence-corrected chi connectivity index (χ3v) is 3.31. The van der Waals surface area contributed by atoms with E-state index in [0.29, 0.717) is 6.54 Å². The summed E-state index contributed by atoms with van der Waals surface area (Å²) in [6.07, 6.45) is 2.02. The van der Waals surface area contributed by atoms with Crippen LogP contribution in [-0.2, 0) is 19.4 Å². The minimum Gasteiger partial charge on any atom is -0.345 e. The first-order chi connectivity index (χ1) is 7.29. The number of nitrogens with zero attached hydrogens (tertiary/aromatic N) is 1. The molecule has 2 aromatic rings. The molecule has 15 heavy (non-hydrogen) atoms. The summed E-state index contributed by atoms with van der Waals surface area (Å²) in [4.78, 5) is 9.04. The van der Waals surface area contributed by atoms with Gasteiger partial charge >= 0.3 is 0 Å². The molecule has 0 unspecified atom stereocenters. The maximum atomic E-state index is 5.64. The van der Waals surface area contributed by atoms with E-state index in [1.807, 2.05) is 6.92 Å². The highest BCUT2D eigenvalue weighted by molar-refractivity contribution is 7.09. The monoisotopic (exact) mass is 221 g/mol. The number of hydrogen-bond donors (Lipinski definition) is 2. The van der Waals surface area contributed by atoms with Gasteiger partial charge < -0.3 is 10.7 Å². The number of aromatic amines is 1. The molecule has 3 nitrogen and oxygen atoms in total. The van der Waals surface area contributed by atoms with Crippen LogP contribution in [0.2, 0.25) is 0 Å². The Labute approximate surface area is 93.4 Å². The van der Waals surface area contributed by atoms with E-state index in [1.165, 1.54) is 4.88 Å². The fourth-order valence-corrected chi connectivity index (χ4v) is 2.37. The van der Waals surface area contributed by atoms with E-state index in [4.69, 9.17) is 5.73 Å². The Kier molecular flexibility index (Phi) is 3.18. The van der Waals surface area contributed by atoms with Crippen LogP contribution in [-0.4, -0.2) is 9.97 Å². The fourth-order valence-electron chi connectivity index (χ4n) is 1.66. The molecule has 0 bridgehead atoms. The second kappa shape index (κ2) is 4.59. The van der Waals surface area contributed by atoms with Crippen molar-refractivity contribution >= 4 is 11.3 Å². The number of thiophene rings is 1. The Morgan fingerprint density at radius 2 is 2.33 bits per heavy atom. The molecule has 0 aliphatic heterocycles. The lowest BCUT2D eigenvalue weighted by molar-refractivity contribution is 0.894. The minimum atomic E-state index is 0.542. The van der Waals surface area contributed by atoms with Gasteiger partial charge in [-0.05, 0) is 31.2 Å². The first-order valence-electron chi connectivity index (χ1n) is 5.06. The first kappa shape index (κ1) is 10.4. The molecule has 4 heteroatoms. The standard InChI is InChI=1S/C11H15N3S/c1-8-13-10(11(7-12)14-8)5-4-9-3-2-6-15-9/h2-3,6H,4-5,7,12H2,1H3,(H,13,14). The topological polar surface area (TPSA) is 54.7 Å². The number of imidazole rings is 1. The maximum absolute atomic E-state index is 5.64. The maximum Gasteiger partial charge on any atom is 0.103 e. The van der Waals surface area contributed by atoms with E-state index in [-0.39, 0.29) is 0 Å². The van der Waals surface area contributed by atoms with Crippen molar-refractivity contribution in [3.05, 3.63) is 39.6 Å². The van der Waals surface area contributed by atoms with Crippen molar-refractivity contribution in [1.29, 1.82) is 0 Å². The molecule has 0 saturated heterocycles. The zero-order valence-corrected chi connectivity index (χ0v) is 9.60. The molecule has 0 radical (unpaired) electrons. The van der Waals surface area contributed by atoms with Gasteiger partial charge in [0.15, 0.2) is 0 Å². The van der Waals surface area contributed by atoms with E-state index < -0.39 is 0 Å². The second-order valence-electron chi connectivity index (χ2n) is 3.53. The van der Waals surface area contributed by atoms with Crippen molar-refractivity contribution in [2.75, 3.05) is 0 Å². The highest BCUT2D eigenvalue weighted by atomic mass is 32.1. The van der Waals surface area contributed by atoms with Crippen LogP contribution >= 0.6 is 11.3 Å². The summed E-state index contributed by atoms with van der Waals surface area (Å²) >= 11 is 1.79. The number of hydrogen-bond acceptors (Lipinski definition) is 3. The number of aryl methyl sites for hydroxylation is 3. The van der Waals surface area contributed by atoms with Crippen molar-refractivity contribution < 1.29 is 0 Å². The van der Waals surface area contributed by atoms with Crippen LogP contribution in [0.25, 0.3) is 0 Å². The van der Waals surface area contributed by atoms with E-state index >= 15 is 0 Å². The highest BCUT2D eigenvalue weighted by Crippen LogP contribution is 2.13. The van der Waals surface area contributed by atoms with Gasteiger partial charge in [0.25, 0.3) is 0 Å². The Hall–Kier alpha value is -1.13. The van der Waals surface area contributed by atoms with Crippen LogP contribution in [0.4, 0.5) is 0 Å². The highest BCUT2D eigenvalue weighted by Gasteiger charge is 2.06. The number of nitrogens with one attached hydrogen (secondary N) is 1. The largest absolute Gasteiger partial charge is 0.345 e. The molecule has 2 rings (SSSR count). The average molecular weight is 221 g/mol. The van der Waals surface area contributed by atoms with Gasteiger partial charge in [-0.2, -0.15) is 0 Å². The lowest BCUT2D eigenvalue weighted by Crippen LogP contribution is -2.02. The molecule has 0 aliphatic rings. The fraction of sp³-hybridized carbons (Fsp3) is 0.364.